The van der Waals surface area contributed by atoms with Gasteiger partial charge in [0, 0.05) is 12.6 Å². The molecule has 0 saturated heterocycles. The van der Waals surface area contributed by atoms with Crippen LogP contribution in [0.1, 0.15) is 57.2 Å². The Morgan fingerprint density at radius 1 is 1.06 bits per heavy atom. The minimum absolute atomic E-state index is 0.0526. The van der Waals surface area contributed by atoms with E-state index in [0.29, 0.717) is 18.7 Å². The molecule has 32 heavy (non-hydrogen) atoms. The summed E-state index contributed by atoms with van der Waals surface area (Å²) in [6.07, 6.45) is 2.28. The first-order valence-electron chi connectivity index (χ1n) is 11.4. The number of hydrogen-bond donors (Lipinski definition) is 1. The topological polar surface area (TPSA) is 58.6 Å². The summed E-state index contributed by atoms with van der Waals surface area (Å²) in [6.45, 7) is 10.2. The van der Waals surface area contributed by atoms with Gasteiger partial charge in [0.1, 0.15) is 11.8 Å². The van der Waals surface area contributed by atoms with E-state index in [1.165, 1.54) is 5.56 Å². The van der Waals surface area contributed by atoms with Crippen molar-refractivity contribution >= 4 is 27.7 Å². The van der Waals surface area contributed by atoms with Gasteiger partial charge >= 0.3 is 0 Å². The second-order valence-electron chi connectivity index (χ2n) is 8.16. The fraction of sp³-hybridized carbons (Fsp3) is 0.462. The van der Waals surface area contributed by atoms with E-state index in [1.807, 2.05) is 70.2 Å². The fourth-order valence-corrected chi connectivity index (χ4v) is 4.01. The molecule has 0 aliphatic carbocycles. The molecule has 2 atom stereocenters. The molecule has 0 aliphatic heterocycles. The average Bonchev–Trinajstić information content (AvgIpc) is 2.77. The van der Waals surface area contributed by atoms with Gasteiger partial charge in [0.05, 0.1) is 4.47 Å². The van der Waals surface area contributed by atoms with E-state index < -0.39 is 6.04 Å². The first-order valence-corrected chi connectivity index (χ1v) is 12.1. The van der Waals surface area contributed by atoms with Crippen molar-refractivity contribution in [3.63, 3.8) is 0 Å². The molecule has 0 heterocycles. The van der Waals surface area contributed by atoms with Gasteiger partial charge in [-0.3, -0.25) is 9.59 Å². The molecular formula is C26H35BrN2O3. The van der Waals surface area contributed by atoms with Crippen molar-refractivity contribution < 1.29 is 14.3 Å². The van der Waals surface area contributed by atoms with Crippen LogP contribution in [0.4, 0.5) is 0 Å². The maximum absolute atomic E-state index is 13.3. The summed E-state index contributed by atoms with van der Waals surface area (Å²) < 4.78 is 6.66. The van der Waals surface area contributed by atoms with Gasteiger partial charge in [0.2, 0.25) is 5.91 Å². The van der Waals surface area contributed by atoms with E-state index in [0.717, 1.165) is 28.4 Å². The van der Waals surface area contributed by atoms with Crippen LogP contribution < -0.4 is 10.1 Å². The van der Waals surface area contributed by atoms with Gasteiger partial charge in [0.25, 0.3) is 5.91 Å². The first-order chi connectivity index (χ1) is 15.3. The molecule has 0 fully saturated rings. The molecule has 1 N–H and O–H groups in total. The monoisotopic (exact) mass is 502 g/mol. The molecule has 6 heteroatoms. The minimum atomic E-state index is -0.563. The minimum Gasteiger partial charge on any atom is -0.483 e. The third kappa shape index (κ3) is 7.37. The molecule has 2 rings (SSSR count). The number of carbonyl (C=O) groups excluding carboxylic acids is 2. The quantitative estimate of drug-likeness (QED) is 0.446. The Morgan fingerprint density at radius 2 is 1.81 bits per heavy atom. The van der Waals surface area contributed by atoms with Crippen molar-refractivity contribution in [2.75, 3.05) is 6.61 Å². The molecule has 5 nitrogen and oxygen atoms in total. The summed E-state index contributed by atoms with van der Waals surface area (Å²) in [6, 6.07) is 13.4. The van der Waals surface area contributed by atoms with E-state index in [4.69, 9.17) is 4.74 Å². The zero-order valence-corrected chi connectivity index (χ0v) is 21.4. The van der Waals surface area contributed by atoms with Crippen LogP contribution >= 0.6 is 15.9 Å². The van der Waals surface area contributed by atoms with Gasteiger partial charge in [-0.2, -0.15) is 0 Å². The molecular weight excluding hydrogens is 468 g/mol. The summed E-state index contributed by atoms with van der Waals surface area (Å²) in [5, 5.41) is 3.03. The lowest BCUT2D eigenvalue weighted by Crippen LogP contribution is -2.51. The maximum atomic E-state index is 13.3. The van der Waals surface area contributed by atoms with Crippen LogP contribution in [-0.4, -0.2) is 35.4 Å². The number of ether oxygens (including phenoxy) is 1. The lowest BCUT2D eigenvalue weighted by molar-refractivity contribution is -0.143. The Labute approximate surface area is 200 Å². The van der Waals surface area contributed by atoms with Gasteiger partial charge in [-0.1, -0.05) is 56.7 Å². The number of aryl methyl sites for hydroxylation is 2. The SMILES string of the molecule is CCc1ccc(OCC(=O)N(Cc2cccc(C)c2)[C@H](CC)C(=O)N[C@H](C)CC)c(Br)c1. The lowest BCUT2D eigenvalue weighted by atomic mass is 10.1. The fourth-order valence-electron chi connectivity index (χ4n) is 3.47. The highest BCUT2D eigenvalue weighted by Gasteiger charge is 2.29. The summed E-state index contributed by atoms with van der Waals surface area (Å²) >= 11 is 3.52. The summed E-state index contributed by atoms with van der Waals surface area (Å²) in [5.74, 6) is 0.267. The molecule has 2 amide bonds. The van der Waals surface area contributed by atoms with E-state index in [9.17, 15) is 9.59 Å². The zero-order valence-electron chi connectivity index (χ0n) is 19.8. The molecule has 0 spiro atoms. The Balaban J connectivity index is 2.23. The smallest absolute Gasteiger partial charge is 0.261 e. The molecule has 0 radical (unpaired) electrons. The Bertz CT molecular complexity index is 916. The predicted molar refractivity (Wildman–Crippen MR) is 133 cm³/mol. The van der Waals surface area contributed by atoms with Gasteiger partial charge in [-0.15, -0.1) is 0 Å². The maximum Gasteiger partial charge on any atom is 0.261 e. The van der Waals surface area contributed by atoms with Crippen LogP contribution in [0, 0.1) is 6.92 Å². The van der Waals surface area contributed by atoms with E-state index in [-0.39, 0.29) is 24.5 Å². The number of nitrogens with zero attached hydrogens (tertiary/aromatic N) is 1. The Kier molecular flexibility index (Phi) is 10.2. The third-order valence-electron chi connectivity index (χ3n) is 5.58. The normalized spacial score (nSPS) is 12.7. The van der Waals surface area contributed by atoms with Crippen LogP contribution in [0.5, 0.6) is 5.75 Å². The lowest BCUT2D eigenvalue weighted by Gasteiger charge is -2.31. The number of rotatable bonds is 11. The molecule has 0 saturated carbocycles. The van der Waals surface area contributed by atoms with Crippen molar-refractivity contribution in [1.29, 1.82) is 0 Å². The molecule has 2 aromatic rings. The second-order valence-corrected chi connectivity index (χ2v) is 9.01. The molecule has 0 aliphatic rings. The number of halogens is 1. The molecule has 0 bridgehead atoms. The number of hydrogen-bond acceptors (Lipinski definition) is 3. The standard InChI is InChI=1S/C26H35BrN2O3/c1-6-19(5)28-26(31)23(8-3)29(16-21-11-9-10-18(4)14-21)25(30)17-32-24-13-12-20(7-2)15-22(24)27/h9-15,19,23H,6-8,16-17H2,1-5H3,(H,28,31)/t19-,23-/m1/s1. The largest absolute Gasteiger partial charge is 0.483 e. The molecule has 0 unspecified atom stereocenters. The van der Waals surface area contributed by atoms with Crippen LogP contribution in [0.2, 0.25) is 0 Å². The van der Waals surface area contributed by atoms with Gasteiger partial charge < -0.3 is 15.0 Å². The van der Waals surface area contributed by atoms with Crippen molar-refractivity contribution in [2.45, 2.75) is 72.5 Å². The highest BCUT2D eigenvalue weighted by molar-refractivity contribution is 9.10. The van der Waals surface area contributed by atoms with Crippen LogP contribution in [0.25, 0.3) is 0 Å². The Morgan fingerprint density at radius 3 is 2.41 bits per heavy atom. The van der Waals surface area contributed by atoms with Crippen LogP contribution in [0.3, 0.4) is 0 Å². The molecule has 174 valence electrons. The van der Waals surface area contributed by atoms with Crippen molar-refractivity contribution in [1.82, 2.24) is 10.2 Å². The number of benzene rings is 2. The molecule has 2 aromatic carbocycles. The van der Waals surface area contributed by atoms with Gasteiger partial charge in [0.15, 0.2) is 6.61 Å². The summed E-state index contributed by atoms with van der Waals surface area (Å²) in [5.41, 5.74) is 3.29. The van der Waals surface area contributed by atoms with Crippen molar-refractivity contribution in [3.05, 3.63) is 63.6 Å². The number of carbonyl (C=O) groups is 2. The van der Waals surface area contributed by atoms with E-state index in [2.05, 4.69) is 28.2 Å². The average molecular weight is 503 g/mol. The van der Waals surface area contributed by atoms with Crippen molar-refractivity contribution in [2.24, 2.45) is 0 Å². The predicted octanol–water partition coefficient (Wildman–Crippen LogP) is 5.42. The second kappa shape index (κ2) is 12.6. The zero-order chi connectivity index (χ0) is 23.7. The van der Waals surface area contributed by atoms with Crippen LogP contribution in [0.15, 0.2) is 46.9 Å². The third-order valence-corrected chi connectivity index (χ3v) is 6.20. The van der Waals surface area contributed by atoms with Crippen molar-refractivity contribution in [3.8, 4) is 5.75 Å². The summed E-state index contributed by atoms with van der Waals surface area (Å²) in [7, 11) is 0. The molecule has 0 aromatic heterocycles. The van der Waals surface area contributed by atoms with E-state index >= 15 is 0 Å². The van der Waals surface area contributed by atoms with Crippen LogP contribution in [-0.2, 0) is 22.6 Å². The highest BCUT2D eigenvalue weighted by atomic mass is 79.9. The Hall–Kier alpha value is -2.34. The summed E-state index contributed by atoms with van der Waals surface area (Å²) in [4.78, 5) is 27.9. The van der Waals surface area contributed by atoms with Gasteiger partial charge in [-0.05, 0) is 72.3 Å². The number of nitrogens with one attached hydrogen (secondary N) is 1. The first kappa shape index (κ1) is 25.9. The van der Waals surface area contributed by atoms with Gasteiger partial charge in [-0.25, -0.2) is 0 Å². The highest BCUT2D eigenvalue weighted by Crippen LogP contribution is 2.26. The van der Waals surface area contributed by atoms with E-state index in [1.54, 1.807) is 4.90 Å². The number of amides is 2.